The standard InChI is InChI=1S/C12H16Br2N2O/c1-7(2)11(6-15)16-12(17)9-5-8(13)3-4-10(9)14/h3-5,7,11H,6,15H2,1-2H3,(H,16,17). The Morgan fingerprint density at radius 3 is 2.59 bits per heavy atom. The van der Waals surface area contributed by atoms with E-state index in [1.807, 2.05) is 26.0 Å². The molecule has 1 aromatic rings. The van der Waals surface area contributed by atoms with E-state index in [0.717, 1.165) is 8.95 Å². The van der Waals surface area contributed by atoms with Crippen LogP contribution in [-0.4, -0.2) is 18.5 Å². The smallest absolute Gasteiger partial charge is 0.252 e. The van der Waals surface area contributed by atoms with Crippen molar-refractivity contribution in [2.24, 2.45) is 11.7 Å². The number of hydrogen-bond donors (Lipinski definition) is 2. The highest BCUT2D eigenvalue weighted by Gasteiger charge is 2.17. The molecule has 0 spiro atoms. The normalized spacial score (nSPS) is 12.6. The summed E-state index contributed by atoms with van der Waals surface area (Å²) >= 11 is 6.72. The summed E-state index contributed by atoms with van der Waals surface area (Å²) in [4.78, 5) is 12.1. The van der Waals surface area contributed by atoms with Crippen molar-refractivity contribution in [1.82, 2.24) is 5.32 Å². The van der Waals surface area contributed by atoms with Gasteiger partial charge in [0, 0.05) is 21.5 Å². The maximum atomic E-state index is 12.1. The van der Waals surface area contributed by atoms with E-state index in [4.69, 9.17) is 5.73 Å². The average molecular weight is 364 g/mol. The van der Waals surface area contributed by atoms with Crippen molar-refractivity contribution < 1.29 is 4.79 Å². The fourth-order valence-corrected chi connectivity index (χ4v) is 2.20. The molecule has 3 nitrogen and oxygen atoms in total. The van der Waals surface area contributed by atoms with E-state index in [2.05, 4.69) is 37.2 Å². The van der Waals surface area contributed by atoms with Gasteiger partial charge >= 0.3 is 0 Å². The van der Waals surface area contributed by atoms with Gasteiger partial charge in [0.2, 0.25) is 0 Å². The molecule has 1 aromatic carbocycles. The SMILES string of the molecule is CC(C)C(CN)NC(=O)c1cc(Br)ccc1Br. The van der Waals surface area contributed by atoms with Crippen LogP contribution in [0.3, 0.4) is 0 Å². The Balaban J connectivity index is 2.86. The van der Waals surface area contributed by atoms with Crippen LogP contribution in [0, 0.1) is 5.92 Å². The molecule has 5 heteroatoms. The third-order valence-electron chi connectivity index (χ3n) is 2.55. The second kappa shape index (κ2) is 6.52. The van der Waals surface area contributed by atoms with E-state index in [1.54, 1.807) is 6.07 Å². The molecule has 0 aliphatic carbocycles. The number of hydrogen-bond acceptors (Lipinski definition) is 2. The molecule has 1 rings (SSSR count). The Labute approximate surface area is 118 Å². The van der Waals surface area contributed by atoms with Gasteiger partial charge in [0.25, 0.3) is 5.91 Å². The first-order valence-electron chi connectivity index (χ1n) is 5.41. The molecular formula is C12H16Br2N2O. The molecule has 0 aliphatic heterocycles. The van der Waals surface area contributed by atoms with Crippen molar-refractivity contribution in [3.63, 3.8) is 0 Å². The number of halogens is 2. The first kappa shape index (κ1) is 14.7. The molecule has 1 amide bonds. The summed E-state index contributed by atoms with van der Waals surface area (Å²) in [7, 11) is 0. The summed E-state index contributed by atoms with van der Waals surface area (Å²) in [6.45, 7) is 4.51. The number of rotatable bonds is 4. The summed E-state index contributed by atoms with van der Waals surface area (Å²) in [5.41, 5.74) is 6.24. The van der Waals surface area contributed by atoms with Gasteiger partial charge in [-0.2, -0.15) is 0 Å². The van der Waals surface area contributed by atoms with E-state index in [1.165, 1.54) is 0 Å². The van der Waals surface area contributed by atoms with Gasteiger partial charge in [0.15, 0.2) is 0 Å². The fraction of sp³-hybridized carbons (Fsp3) is 0.417. The van der Waals surface area contributed by atoms with Gasteiger partial charge in [0.1, 0.15) is 0 Å². The predicted octanol–water partition coefficient (Wildman–Crippen LogP) is 2.92. The molecule has 1 atom stereocenters. The quantitative estimate of drug-likeness (QED) is 0.864. The minimum Gasteiger partial charge on any atom is -0.348 e. The molecule has 0 bridgehead atoms. The van der Waals surface area contributed by atoms with Gasteiger partial charge in [-0.05, 0) is 40.0 Å². The number of carbonyl (C=O) groups excluding carboxylic acids is 1. The summed E-state index contributed by atoms with van der Waals surface area (Å²) in [6, 6.07) is 5.50. The monoisotopic (exact) mass is 362 g/mol. The van der Waals surface area contributed by atoms with Gasteiger partial charge < -0.3 is 11.1 Å². The van der Waals surface area contributed by atoms with Crippen LogP contribution < -0.4 is 11.1 Å². The topological polar surface area (TPSA) is 55.1 Å². The fourth-order valence-electron chi connectivity index (χ4n) is 1.42. The second-order valence-corrected chi connectivity index (χ2v) is 5.95. The molecule has 3 N–H and O–H groups in total. The number of carbonyl (C=O) groups is 1. The van der Waals surface area contributed by atoms with Crippen molar-refractivity contribution in [3.8, 4) is 0 Å². The van der Waals surface area contributed by atoms with Crippen LogP contribution >= 0.6 is 31.9 Å². The van der Waals surface area contributed by atoms with Crippen molar-refractivity contribution in [2.75, 3.05) is 6.54 Å². The van der Waals surface area contributed by atoms with Crippen molar-refractivity contribution in [1.29, 1.82) is 0 Å². The van der Waals surface area contributed by atoms with Gasteiger partial charge in [-0.3, -0.25) is 4.79 Å². The zero-order valence-electron chi connectivity index (χ0n) is 9.84. The van der Waals surface area contributed by atoms with E-state index in [-0.39, 0.29) is 11.9 Å². The first-order chi connectivity index (χ1) is 7.95. The highest BCUT2D eigenvalue weighted by molar-refractivity contribution is 9.11. The van der Waals surface area contributed by atoms with Crippen LogP contribution in [0.2, 0.25) is 0 Å². The highest BCUT2D eigenvalue weighted by atomic mass is 79.9. The Hall–Kier alpha value is -0.390. The van der Waals surface area contributed by atoms with Crippen LogP contribution in [-0.2, 0) is 0 Å². The van der Waals surface area contributed by atoms with Crippen LogP contribution in [0.5, 0.6) is 0 Å². The minimum absolute atomic E-state index is 0.00613. The summed E-state index contributed by atoms with van der Waals surface area (Å²) in [5.74, 6) is 0.206. The van der Waals surface area contributed by atoms with Gasteiger partial charge in [0.05, 0.1) is 5.56 Å². The van der Waals surface area contributed by atoms with E-state index < -0.39 is 0 Å². The Kier molecular flexibility index (Phi) is 5.62. The Morgan fingerprint density at radius 1 is 1.41 bits per heavy atom. The lowest BCUT2D eigenvalue weighted by Gasteiger charge is -2.20. The molecule has 0 saturated heterocycles. The van der Waals surface area contributed by atoms with E-state index in [0.29, 0.717) is 18.0 Å². The maximum Gasteiger partial charge on any atom is 0.252 e. The third kappa shape index (κ3) is 4.08. The maximum absolute atomic E-state index is 12.1. The van der Waals surface area contributed by atoms with Crippen molar-refractivity contribution in [2.45, 2.75) is 19.9 Å². The largest absolute Gasteiger partial charge is 0.348 e. The van der Waals surface area contributed by atoms with Gasteiger partial charge in [-0.25, -0.2) is 0 Å². The van der Waals surface area contributed by atoms with Gasteiger partial charge in [-0.15, -0.1) is 0 Å². The zero-order valence-corrected chi connectivity index (χ0v) is 13.0. The zero-order chi connectivity index (χ0) is 13.0. The van der Waals surface area contributed by atoms with E-state index >= 15 is 0 Å². The lowest BCUT2D eigenvalue weighted by atomic mass is 10.0. The van der Waals surface area contributed by atoms with Gasteiger partial charge in [-0.1, -0.05) is 29.8 Å². The lowest BCUT2D eigenvalue weighted by Crippen LogP contribution is -2.43. The van der Waals surface area contributed by atoms with Crippen LogP contribution in [0.15, 0.2) is 27.1 Å². The molecule has 0 fully saturated rings. The highest BCUT2D eigenvalue weighted by Crippen LogP contribution is 2.21. The second-order valence-electron chi connectivity index (χ2n) is 4.18. The molecule has 17 heavy (non-hydrogen) atoms. The Morgan fingerprint density at radius 2 is 2.06 bits per heavy atom. The molecular weight excluding hydrogens is 348 g/mol. The van der Waals surface area contributed by atoms with E-state index in [9.17, 15) is 4.79 Å². The Bertz CT molecular complexity index is 407. The van der Waals surface area contributed by atoms with Crippen LogP contribution in [0.25, 0.3) is 0 Å². The lowest BCUT2D eigenvalue weighted by molar-refractivity contribution is 0.0927. The first-order valence-corrected chi connectivity index (χ1v) is 7.00. The number of nitrogens with one attached hydrogen (secondary N) is 1. The minimum atomic E-state index is -0.109. The van der Waals surface area contributed by atoms with Crippen LogP contribution in [0.4, 0.5) is 0 Å². The molecule has 0 heterocycles. The number of amides is 1. The molecule has 0 saturated carbocycles. The molecule has 1 unspecified atom stereocenters. The summed E-state index contributed by atoms with van der Waals surface area (Å²) in [6.07, 6.45) is 0. The number of benzene rings is 1. The van der Waals surface area contributed by atoms with Crippen molar-refractivity contribution >= 4 is 37.8 Å². The molecule has 0 radical (unpaired) electrons. The summed E-state index contributed by atoms with van der Waals surface area (Å²) in [5, 5.41) is 2.94. The summed E-state index contributed by atoms with van der Waals surface area (Å²) < 4.78 is 1.65. The predicted molar refractivity (Wildman–Crippen MR) is 77.0 cm³/mol. The molecule has 0 aromatic heterocycles. The average Bonchev–Trinajstić information content (AvgIpc) is 2.28. The molecule has 0 aliphatic rings. The number of nitrogens with two attached hydrogens (primary N) is 1. The molecule has 94 valence electrons. The van der Waals surface area contributed by atoms with Crippen LogP contribution in [0.1, 0.15) is 24.2 Å². The third-order valence-corrected chi connectivity index (χ3v) is 3.73. The van der Waals surface area contributed by atoms with Crippen molar-refractivity contribution in [3.05, 3.63) is 32.7 Å².